The number of nitrogens with one attached hydrogen (secondary N) is 1. The van der Waals surface area contributed by atoms with Gasteiger partial charge in [0.05, 0.1) is 6.04 Å². The zero-order valence-electron chi connectivity index (χ0n) is 10.8. The van der Waals surface area contributed by atoms with Gasteiger partial charge < -0.3 is 10.1 Å². The first-order valence-electron chi connectivity index (χ1n) is 6.56. The molecule has 0 radical (unpaired) electrons. The molecule has 1 heterocycles. The molecule has 2 nitrogen and oxygen atoms in total. The van der Waals surface area contributed by atoms with Gasteiger partial charge in [-0.3, -0.25) is 0 Å². The van der Waals surface area contributed by atoms with Crippen molar-refractivity contribution in [3.05, 3.63) is 28.0 Å². The maximum Gasteiger partial charge on any atom is 0.166 e. The summed E-state index contributed by atoms with van der Waals surface area (Å²) in [6, 6.07) is 3.53. The molecule has 0 saturated carbocycles. The van der Waals surface area contributed by atoms with E-state index in [9.17, 15) is 4.39 Å². The highest BCUT2D eigenvalue weighted by atomic mass is 79.9. The van der Waals surface area contributed by atoms with Crippen molar-refractivity contribution in [3.8, 4) is 5.75 Å². The molecule has 2 unspecified atom stereocenters. The largest absolute Gasteiger partial charge is 0.485 e. The van der Waals surface area contributed by atoms with E-state index in [-0.39, 0.29) is 18.0 Å². The fourth-order valence-electron chi connectivity index (χ4n) is 2.41. The second-order valence-corrected chi connectivity index (χ2v) is 5.60. The van der Waals surface area contributed by atoms with Crippen molar-refractivity contribution in [2.45, 2.75) is 45.3 Å². The number of benzene rings is 1. The Morgan fingerprint density at radius 2 is 2.11 bits per heavy atom. The maximum absolute atomic E-state index is 13.9. The molecule has 1 aromatic carbocycles. The third-order valence-corrected chi connectivity index (χ3v) is 3.66. The number of hydrogen-bond donors (Lipinski definition) is 1. The second-order valence-electron chi connectivity index (χ2n) is 4.68. The fourth-order valence-corrected chi connectivity index (χ4v) is 2.85. The zero-order valence-corrected chi connectivity index (χ0v) is 12.4. The Morgan fingerprint density at radius 3 is 2.78 bits per heavy atom. The quantitative estimate of drug-likeness (QED) is 0.879. The third-order valence-electron chi connectivity index (χ3n) is 3.20. The summed E-state index contributed by atoms with van der Waals surface area (Å²) in [5.41, 5.74) is 0.939. The summed E-state index contributed by atoms with van der Waals surface area (Å²) in [7, 11) is 0. The molecule has 0 saturated heterocycles. The van der Waals surface area contributed by atoms with Gasteiger partial charge >= 0.3 is 0 Å². The van der Waals surface area contributed by atoms with Crippen LogP contribution < -0.4 is 10.1 Å². The molecule has 100 valence electrons. The van der Waals surface area contributed by atoms with E-state index >= 15 is 0 Å². The minimum Gasteiger partial charge on any atom is -0.485 e. The van der Waals surface area contributed by atoms with E-state index in [1.807, 2.05) is 6.07 Å². The van der Waals surface area contributed by atoms with E-state index in [1.54, 1.807) is 0 Å². The van der Waals surface area contributed by atoms with Gasteiger partial charge in [0.15, 0.2) is 11.6 Å². The number of ether oxygens (including phenoxy) is 1. The first kappa shape index (κ1) is 13.8. The smallest absolute Gasteiger partial charge is 0.166 e. The number of rotatable bonds is 5. The van der Waals surface area contributed by atoms with Crippen LogP contribution in [0, 0.1) is 5.82 Å². The lowest BCUT2D eigenvalue weighted by Gasteiger charge is -2.19. The molecule has 0 aliphatic carbocycles. The predicted octanol–water partition coefficient (Wildman–Crippen LogP) is 4.19. The highest BCUT2D eigenvalue weighted by molar-refractivity contribution is 9.10. The summed E-state index contributed by atoms with van der Waals surface area (Å²) in [5.74, 6) is 0.145. The molecule has 4 heteroatoms. The van der Waals surface area contributed by atoms with Crippen LogP contribution in [0.25, 0.3) is 0 Å². The summed E-state index contributed by atoms with van der Waals surface area (Å²) in [4.78, 5) is 0. The van der Waals surface area contributed by atoms with Crippen LogP contribution in [-0.4, -0.2) is 12.6 Å². The summed E-state index contributed by atoms with van der Waals surface area (Å²) in [5, 5.41) is 3.46. The first-order valence-corrected chi connectivity index (χ1v) is 7.35. The van der Waals surface area contributed by atoms with Gasteiger partial charge in [0.1, 0.15) is 6.10 Å². The van der Waals surface area contributed by atoms with Crippen LogP contribution in [0.1, 0.15) is 44.7 Å². The van der Waals surface area contributed by atoms with Crippen LogP contribution in [0.2, 0.25) is 0 Å². The van der Waals surface area contributed by atoms with Gasteiger partial charge in [0, 0.05) is 10.0 Å². The molecule has 1 aromatic rings. The van der Waals surface area contributed by atoms with Crippen molar-refractivity contribution in [1.82, 2.24) is 5.32 Å². The van der Waals surface area contributed by atoms with Gasteiger partial charge in [-0.15, -0.1) is 0 Å². The molecule has 1 N–H and O–H groups in total. The standard InChI is InChI=1S/C14H19BrFNO/c1-3-5-12-13(17-6-4-2)10-7-9(15)8-11(16)14(10)18-12/h7-8,12-13,17H,3-6H2,1-2H3. The highest BCUT2D eigenvalue weighted by Crippen LogP contribution is 2.41. The van der Waals surface area contributed by atoms with Crippen LogP contribution in [0.4, 0.5) is 4.39 Å². The average Bonchev–Trinajstić information content (AvgIpc) is 2.65. The van der Waals surface area contributed by atoms with Gasteiger partial charge in [0.2, 0.25) is 0 Å². The van der Waals surface area contributed by atoms with Crippen LogP contribution >= 0.6 is 15.9 Å². The van der Waals surface area contributed by atoms with Gasteiger partial charge in [0.25, 0.3) is 0 Å². The summed E-state index contributed by atoms with van der Waals surface area (Å²) >= 11 is 3.35. The summed E-state index contributed by atoms with van der Waals surface area (Å²) < 4.78 is 20.4. The molecule has 2 atom stereocenters. The number of fused-ring (bicyclic) bond motifs is 1. The molecular formula is C14H19BrFNO. The van der Waals surface area contributed by atoms with Gasteiger partial charge in [-0.1, -0.05) is 36.2 Å². The molecule has 0 aromatic heterocycles. The van der Waals surface area contributed by atoms with E-state index in [2.05, 4.69) is 35.1 Å². The van der Waals surface area contributed by atoms with Crippen LogP contribution in [0.3, 0.4) is 0 Å². The average molecular weight is 316 g/mol. The SMILES string of the molecule is CCCNC1c2cc(Br)cc(F)c2OC1CCC. The molecular weight excluding hydrogens is 297 g/mol. The molecule has 18 heavy (non-hydrogen) atoms. The molecule has 1 aliphatic rings. The lowest BCUT2D eigenvalue weighted by molar-refractivity contribution is 0.173. The van der Waals surface area contributed by atoms with Crippen molar-refractivity contribution < 1.29 is 9.13 Å². The molecule has 0 amide bonds. The normalized spacial score (nSPS) is 21.8. The maximum atomic E-state index is 13.9. The van der Waals surface area contributed by atoms with Gasteiger partial charge in [-0.05, 0) is 31.5 Å². The Morgan fingerprint density at radius 1 is 1.33 bits per heavy atom. The van der Waals surface area contributed by atoms with E-state index in [1.165, 1.54) is 6.07 Å². The summed E-state index contributed by atoms with van der Waals surface area (Å²) in [6.07, 6.45) is 3.07. The number of halogens is 2. The van der Waals surface area contributed by atoms with Crippen molar-refractivity contribution >= 4 is 15.9 Å². The van der Waals surface area contributed by atoms with Crippen molar-refractivity contribution in [1.29, 1.82) is 0 Å². The van der Waals surface area contributed by atoms with Gasteiger partial charge in [-0.2, -0.15) is 0 Å². The van der Waals surface area contributed by atoms with Crippen molar-refractivity contribution in [2.75, 3.05) is 6.54 Å². The molecule has 2 rings (SSSR count). The Bertz CT molecular complexity index is 425. The van der Waals surface area contributed by atoms with Gasteiger partial charge in [-0.25, -0.2) is 4.39 Å². The first-order chi connectivity index (χ1) is 8.67. The van der Waals surface area contributed by atoms with Crippen molar-refractivity contribution in [3.63, 3.8) is 0 Å². The Kier molecular flexibility index (Phi) is 4.62. The fraction of sp³-hybridized carbons (Fsp3) is 0.571. The third kappa shape index (κ3) is 2.69. The van der Waals surface area contributed by atoms with Crippen LogP contribution in [0.5, 0.6) is 5.75 Å². The van der Waals surface area contributed by atoms with E-state index < -0.39 is 0 Å². The molecule has 0 fully saturated rings. The van der Waals surface area contributed by atoms with E-state index in [0.717, 1.165) is 35.8 Å². The Hall–Kier alpha value is -0.610. The molecule has 0 bridgehead atoms. The lowest BCUT2D eigenvalue weighted by atomic mass is 10.0. The van der Waals surface area contributed by atoms with Crippen molar-refractivity contribution in [2.24, 2.45) is 0 Å². The predicted molar refractivity (Wildman–Crippen MR) is 74.5 cm³/mol. The lowest BCUT2D eigenvalue weighted by Crippen LogP contribution is -2.31. The monoisotopic (exact) mass is 315 g/mol. The van der Waals surface area contributed by atoms with Crippen LogP contribution in [-0.2, 0) is 0 Å². The van der Waals surface area contributed by atoms with E-state index in [4.69, 9.17) is 4.74 Å². The topological polar surface area (TPSA) is 21.3 Å². The Labute approximate surface area is 116 Å². The molecule has 0 spiro atoms. The minimum absolute atomic E-state index is 0.0420. The summed E-state index contributed by atoms with van der Waals surface area (Å²) in [6.45, 7) is 5.16. The highest BCUT2D eigenvalue weighted by Gasteiger charge is 2.35. The number of hydrogen-bond acceptors (Lipinski definition) is 2. The zero-order chi connectivity index (χ0) is 13.1. The molecule has 1 aliphatic heterocycles. The second kappa shape index (κ2) is 6.02. The minimum atomic E-state index is -0.277. The van der Waals surface area contributed by atoms with Crippen LogP contribution in [0.15, 0.2) is 16.6 Å². The van der Waals surface area contributed by atoms with E-state index in [0.29, 0.717) is 5.75 Å². The Balaban J connectivity index is 2.29.